The molecular formula is C14H16BrN5O2S2. The molecule has 2 rings (SSSR count). The van der Waals surface area contributed by atoms with Gasteiger partial charge in [0.05, 0.1) is 11.6 Å². The third-order valence-electron chi connectivity index (χ3n) is 2.92. The number of halogens is 1. The topological polar surface area (TPSA) is 81.1 Å². The van der Waals surface area contributed by atoms with Gasteiger partial charge in [-0.25, -0.2) is 4.68 Å². The summed E-state index contributed by atoms with van der Waals surface area (Å²) in [7, 11) is 1.56. The second-order valence-electron chi connectivity index (χ2n) is 4.54. The number of carbonyl (C=O) groups excluding carboxylic acids is 1. The summed E-state index contributed by atoms with van der Waals surface area (Å²) in [4.78, 5) is 12.3. The van der Waals surface area contributed by atoms with Gasteiger partial charge < -0.3 is 4.74 Å². The molecular weight excluding hydrogens is 414 g/mol. The average Bonchev–Trinajstić information content (AvgIpc) is 2.88. The van der Waals surface area contributed by atoms with E-state index in [1.54, 1.807) is 36.9 Å². The normalized spacial score (nSPS) is 10.3. The highest BCUT2D eigenvalue weighted by molar-refractivity contribution is 9.10. The molecule has 0 aliphatic carbocycles. The molecule has 0 radical (unpaired) electrons. The number of carbonyl (C=O) groups is 1. The number of benzene rings is 1. The Kier molecular flexibility index (Phi) is 6.58. The first-order valence-electron chi connectivity index (χ1n) is 6.97. The van der Waals surface area contributed by atoms with Gasteiger partial charge in [0.15, 0.2) is 5.11 Å². The molecule has 24 heavy (non-hydrogen) atoms. The fraction of sp³-hybridized carbons (Fsp3) is 0.286. The van der Waals surface area contributed by atoms with E-state index in [0.29, 0.717) is 26.8 Å². The van der Waals surface area contributed by atoms with E-state index in [0.717, 1.165) is 5.75 Å². The molecule has 0 unspecified atom stereocenters. The van der Waals surface area contributed by atoms with Gasteiger partial charge in [-0.2, -0.15) is 0 Å². The van der Waals surface area contributed by atoms with Crippen molar-refractivity contribution in [1.29, 1.82) is 0 Å². The monoisotopic (exact) mass is 429 g/mol. The maximum absolute atomic E-state index is 12.3. The van der Waals surface area contributed by atoms with Gasteiger partial charge in [0.2, 0.25) is 5.16 Å². The smallest absolute Gasteiger partial charge is 0.257 e. The summed E-state index contributed by atoms with van der Waals surface area (Å²) >= 11 is 10.1. The molecule has 1 aromatic carbocycles. The van der Waals surface area contributed by atoms with Crippen molar-refractivity contribution in [3.8, 4) is 5.75 Å². The van der Waals surface area contributed by atoms with Gasteiger partial charge in [-0.1, -0.05) is 18.7 Å². The van der Waals surface area contributed by atoms with Crippen molar-refractivity contribution in [3.63, 3.8) is 0 Å². The fourth-order valence-electron chi connectivity index (χ4n) is 1.81. The molecule has 0 saturated carbocycles. The Bertz CT molecular complexity index is 766. The van der Waals surface area contributed by atoms with Gasteiger partial charge in [-0.3, -0.25) is 15.5 Å². The predicted molar refractivity (Wildman–Crippen MR) is 101 cm³/mol. The minimum atomic E-state index is -0.328. The third kappa shape index (κ3) is 4.46. The zero-order valence-corrected chi connectivity index (χ0v) is 16.5. The van der Waals surface area contributed by atoms with Gasteiger partial charge in [-0.05, 0) is 59.0 Å². The van der Waals surface area contributed by atoms with E-state index in [4.69, 9.17) is 17.0 Å². The van der Waals surface area contributed by atoms with E-state index < -0.39 is 0 Å². The number of hydrogen-bond acceptors (Lipinski definition) is 6. The van der Waals surface area contributed by atoms with Crippen LogP contribution in [0.15, 0.2) is 27.8 Å². The van der Waals surface area contributed by atoms with Crippen molar-refractivity contribution in [2.45, 2.75) is 19.0 Å². The van der Waals surface area contributed by atoms with E-state index >= 15 is 0 Å². The van der Waals surface area contributed by atoms with E-state index in [2.05, 4.69) is 36.9 Å². The largest absolute Gasteiger partial charge is 0.496 e. The van der Waals surface area contributed by atoms with Crippen LogP contribution in [0.4, 0.5) is 0 Å². The maximum atomic E-state index is 12.3. The average molecular weight is 430 g/mol. The van der Waals surface area contributed by atoms with Crippen molar-refractivity contribution in [2.75, 3.05) is 18.3 Å². The Morgan fingerprint density at radius 2 is 2.21 bits per heavy atom. The summed E-state index contributed by atoms with van der Waals surface area (Å²) in [6, 6.07) is 5.03. The highest BCUT2D eigenvalue weighted by Gasteiger charge is 2.13. The number of nitrogens with one attached hydrogen (secondary N) is 2. The minimum Gasteiger partial charge on any atom is -0.496 e. The van der Waals surface area contributed by atoms with Crippen LogP contribution in [0.3, 0.4) is 0 Å². The van der Waals surface area contributed by atoms with E-state index in [-0.39, 0.29) is 11.0 Å². The molecule has 0 spiro atoms. The molecule has 0 aliphatic rings. The summed E-state index contributed by atoms with van der Waals surface area (Å²) in [5.74, 6) is 1.81. The molecule has 0 saturated heterocycles. The lowest BCUT2D eigenvalue weighted by Gasteiger charge is -2.13. The van der Waals surface area contributed by atoms with Crippen LogP contribution < -0.4 is 15.5 Å². The highest BCUT2D eigenvalue weighted by atomic mass is 79.9. The minimum absolute atomic E-state index is 0.160. The van der Waals surface area contributed by atoms with Gasteiger partial charge in [0.25, 0.3) is 5.91 Å². The lowest BCUT2D eigenvalue weighted by Crippen LogP contribution is -2.38. The van der Waals surface area contributed by atoms with Crippen LogP contribution in [-0.4, -0.2) is 38.8 Å². The van der Waals surface area contributed by atoms with E-state index in [1.165, 1.54) is 11.8 Å². The number of rotatable bonds is 5. The standard InChI is InChI=1S/C14H16BrN5O2S2/c1-4-24-14-18-17-8(2)20(14)19-13(23)16-12(21)9-5-6-11(22-3)10(15)7-9/h5-7H,4H2,1-3H3,(H2,16,19,21,23). The lowest BCUT2D eigenvalue weighted by molar-refractivity contribution is 0.0977. The zero-order chi connectivity index (χ0) is 17.7. The molecule has 1 aromatic heterocycles. The molecule has 1 amide bonds. The number of thiocarbonyl (C=S) groups is 1. The Morgan fingerprint density at radius 3 is 2.83 bits per heavy atom. The number of hydrogen-bond donors (Lipinski definition) is 2. The number of ether oxygens (including phenoxy) is 1. The molecule has 128 valence electrons. The molecule has 10 heteroatoms. The molecule has 0 fully saturated rings. The second-order valence-corrected chi connectivity index (χ2v) is 7.04. The first kappa shape index (κ1) is 18.7. The first-order chi connectivity index (χ1) is 11.5. The van der Waals surface area contributed by atoms with Crippen LogP contribution >= 0.6 is 39.9 Å². The summed E-state index contributed by atoms with van der Waals surface area (Å²) in [5, 5.41) is 11.5. The lowest BCUT2D eigenvalue weighted by atomic mass is 10.2. The van der Waals surface area contributed by atoms with Crippen LogP contribution in [0.5, 0.6) is 5.75 Å². The van der Waals surface area contributed by atoms with Crippen molar-refractivity contribution in [2.24, 2.45) is 0 Å². The highest BCUT2D eigenvalue weighted by Crippen LogP contribution is 2.25. The summed E-state index contributed by atoms with van der Waals surface area (Å²) in [6.07, 6.45) is 0. The Hall–Kier alpha value is -1.65. The van der Waals surface area contributed by atoms with Crippen LogP contribution in [0.25, 0.3) is 0 Å². The van der Waals surface area contributed by atoms with Crippen molar-refractivity contribution in [3.05, 3.63) is 34.1 Å². The van der Waals surface area contributed by atoms with Crippen LogP contribution in [0.1, 0.15) is 23.1 Å². The van der Waals surface area contributed by atoms with Crippen LogP contribution in [0.2, 0.25) is 0 Å². The number of aromatic nitrogens is 3. The number of thioether (sulfide) groups is 1. The van der Waals surface area contributed by atoms with Crippen molar-refractivity contribution >= 4 is 50.9 Å². The van der Waals surface area contributed by atoms with Crippen LogP contribution in [0, 0.1) is 6.92 Å². The molecule has 2 N–H and O–H groups in total. The van der Waals surface area contributed by atoms with E-state index in [1.807, 2.05) is 6.92 Å². The first-order valence-corrected chi connectivity index (χ1v) is 9.15. The molecule has 0 aliphatic heterocycles. The van der Waals surface area contributed by atoms with Gasteiger partial charge in [0, 0.05) is 5.56 Å². The molecule has 1 heterocycles. The summed E-state index contributed by atoms with van der Waals surface area (Å²) < 4.78 is 7.47. The van der Waals surface area contributed by atoms with Gasteiger partial charge >= 0.3 is 0 Å². The molecule has 7 nitrogen and oxygen atoms in total. The van der Waals surface area contributed by atoms with Gasteiger partial charge in [0.1, 0.15) is 11.6 Å². The number of amides is 1. The second kappa shape index (κ2) is 8.45. The Labute approximate surface area is 157 Å². The quantitative estimate of drug-likeness (QED) is 0.558. The predicted octanol–water partition coefficient (Wildman–Crippen LogP) is 2.73. The number of nitrogens with zero attached hydrogens (tertiary/aromatic N) is 3. The molecule has 0 bridgehead atoms. The summed E-state index contributed by atoms with van der Waals surface area (Å²) in [6.45, 7) is 3.81. The van der Waals surface area contributed by atoms with Gasteiger partial charge in [-0.15, -0.1) is 10.2 Å². The van der Waals surface area contributed by atoms with Crippen LogP contribution in [-0.2, 0) is 0 Å². The van der Waals surface area contributed by atoms with E-state index in [9.17, 15) is 4.79 Å². The van der Waals surface area contributed by atoms with Crippen molar-refractivity contribution < 1.29 is 9.53 Å². The zero-order valence-electron chi connectivity index (χ0n) is 13.3. The molecule has 2 aromatic rings. The Morgan fingerprint density at radius 1 is 1.46 bits per heavy atom. The maximum Gasteiger partial charge on any atom is 0.257 e. The molecule has 0 atom stereocenters. The fourth-order valence-corrected chi connectivity index (χ4v) is 3.19. The summed E-state index contributed by atoms with van der Waals surface area (Å²) in [5.41, 5.74) is 3.37. The Balaban J connectivity index is 2.06. The van der Waals surface area contributed by atoms with Crippen molar-refractivity contribution in [1.82, 2.24) is 20.2 Å². The SMILES string of the molecule is CCSc1nnc(C)n1NC(=S)NC(=O)c1ccc(OC)c(Br)c1. The third-order valence-corrected chi connectivity index (χ3v) is 4.55. The number of aryl methyl sites for hydroxylation is 1. The number of methoxy groups -OCH3 is 1.